The van der Waals surface area contributed by atoms with Crippen LogP contribution in [-0.2, 0) is 17.8 Å². The van der Waals surface area contributed by atoms with Gasteiger partial charge in [0.15, 0.2) is 5.16 Å². The minimum Gasteiger partial charge on any atom is -0.349 e. The number of carbonyl (C=O) groups excluding carboxylic acids is 1. The number of thioether (sulfide) groups is 1. The van der Waals surface area contributed by atoms with Crippen LogP contribution in [0, 0.1) is 0 Å². The van der Waals surface area contributed by atoms with Gasteiger partial charge in [-0.1, -0.05) is 66.4 Å². The van der Waals surface area contributed by atoms with Gasteiger partial charge in [-0.25, -0.2) is 9.89 Å². The van der Waals surface area contributed by atoms with Gasteiger partial charge in [-0.05, 0) is 36.0 Å². The van der Waals surface area contributed by atoms with Gasteiger partial charge in [0.05, 0.1) is 18.3 Å². The number of hydrogen-bond acceptors (Lipinski definition) is 4. The highest BCUT2D eigenvalue weighted by Gasteiger charge is 2.21. The summed E-state index contributed by atoms with van der Waals surface area (Å²) in [7, 11) is 0. The average molecular weight is 395 g/mol. The van der Waals surface area contributed by atoms with Crippen molar-refractivity contribution >= 4 is 17.7 Å². The van der Waals surface area contributed by atoms with E-state index in [0.717, 1.165) is 24.8 Å². The van der Waals surface area contributed by atoms with E-state index in [1.807, 2.05) is 42.5 Å². The van der Waals surface area contributed by atoms with Gasteiger partial charge >= 0.3 is 5.69 Å². The van der Waals surface area contributed by atoms with Crippen molar-refractivity contribution in [3.8, 4) is 0 Å². The third-order valence-corrected chi connectivity index (χ3v) is 5.92. The fourth-order valence-corrected chi connectivity index (χ4v) is 4.35. The number of amides is 1. The number of benzene rings is 2. The Morgan fingerprint density at radius 3 is 2.82 bits per heavy atom. The average Bonchev–Trinajstić information content (AvgIpc) is 3.07. The predicted octanol–water partition coefficient (Wildman–Crippen LogP) is 2.91. The van der Waals surface area contributed by atoms with Gasteiger partial charge < -0.3 is 5.32 Å². The zero-order valence-corrected chi connectivity index (χ0v) is 16.2. The molecule has 2 aromatic carbocycles. The third-order valence-electron chi connectivity index (χ3n) is 4.94. The largest absolute Gasteiger partial charge is 0.349 e. The summed E-state index contributed by atoms with van der Waals surface area (Å²) in [6, 6.07) is 18.1. The summed E-state index contributed by atoms with van der Waals surface area (Å²) in [6.07, 6.45) is 3.09. The van der Waals surface area contributed by atoms with Crippen LogP contribution in [-0.4, -0.2) is 26.4 Å². The zero-order chi connectivity index (χ0) is 19.3. The molecule has 28 heavy (non-hydrogen) atoms. The van der Waals surface area contributed by atoms with E-state index in [4.69, 9.17) is 0 Å². The van der Waals surface area contributed by atoms with Gasteiger partial charge in [0.25, 0.3) is 0 Å². The van der Waals surface area contributed by atoms with E-state index < -0.39 is 0 Å². The topological polar surface area (TPSA) is 79.8 Å². The van der Waals surface area contributed by atoms with Gasteiger partial charge in [-0.15, -0.1) is 5.10 Å². The molecule has 1 aromatic heterocycles. The molecule has 0 saturated carbocycles. The molecule has 2 N–H and O–H groups in total. The van der Waals surface area contributed by atoms with Gasteiger partial charge in [0.1, 0.15) is 0 Å². The number of aryl methyl sites for hydroxylation is 1. The second-order valence-electron chi connectivity index (χ2n) is 6.88. The maximum Gasteiger partial charge on any atom is 0.344 e. The molecule has 0 spiro atoms. The van der Waals surface area contributed by atoms with E-state index in [2.05, 4.69) is 27.6 Å². The second-order valence-corrected chi connectivity index (χ2v) is 7.83. The minimum atomic E-state index is -0.270. The number of carbonyl (C=O) groups is 1. The molecule has 0 radical (unpaired) electrons. The molecule has 4 rings (SSSR count). The summed E-state index contributed by atoms with van der Waals surface area (Å²) < 4.78 is 1.56. The Bertz CT molecular complexity index is 1010. The molecule has 0 fully saturated rings. The lowest BCUT2D eigenvalue weighted by Gasteiger charge is -2.26. The van der Waals surface area contributed by atoms with E-state index in [0.29, 0.717) is 11.7 Å². The molecule has 7 heteroatoms. The summed E-state index contributed by atoms with van der Waals surface area (Å²) in [5.41, 5.74) is 3.27. The zero-order valence-electron chi connectivity index (χ0n) is 15.4. The molecule has 1 aliphatic rings. The van der Waals surface area contributed by atoms with E-state index in [-0.39, 0.29) is 23.4 Å². The molecular formula is C21H22N4O2S. The first-order valence-electron chi connectivity index (χ1n) is 9.40. The van der Waals surface area contributed by atoms with Gasteiger partial charge in [-0.3, -0.25) is 9.36 Å². The summed E-state index contributed by atoms with van der Waals surface area (Å²) in [5.74, 6) is 0.172. The first kappa shape index (κ1) is 18.6. The van der Waals surface area contributed by atoms with Crippen LogP contribution in [0.25, 0.3) is 0 Å². The molecule has 6 nitrogen and oxygen atoms in total. The Morgan fingerprint density at radius 1 is 1.18 bits per heavy atom. The Balaban J connectivity index is 1.39. The lowest BCUT2D eigenvalue weighted by molar-refractivity contribution is -0.119. The number of fused-ring (bicyclic) bond motifs is 1. The first-order chi connectivity index (χ1) is 13.7. The number of nitrogens with zero attached hydrogens (tertiary/aromatic N) is 2. The molecule has 3 aromatic rings. The number of nitrogens with one attached hydrogen (secondary N) is 2. The first-order valence-corrected chi connectivity index (χ1v) is 10.4. The van der Waals surface area contributed by atoms with Crippen molar-refractivity contribution in [2.24, 2.45) is 0 Å². The highest BCUT2D eigenvalue weighted by atomic mass is 32.2. The minimum absolute atomic E-state index is 0.0478. The van der Waals surface area contributed by atoms with Crippen LogP contribution >= 0.6 is 11.8 Å². The highest BCUT2D eigenvalue weighted by Crippen LogP contribution is 2.29. The van der Waals surface area contributed by atoms with Gasteiger partial charge in [-0.2, -0.15) is 0 Å². The van der Waals surface area contributed by atoms with Crippen LogP contribution in [0.2, 0.25) is 0 Å². The lowest BCUT2D eigenvalue weighted by Crippen LogP contribution is -2.32. The molecule has 144 valence electrons. The predicted molar refractivity (Wildman–Crippen MR) is 109 cm³/mol. The van der Waals surface area contributed by atoms with Crippen LogP contribution in [0.1, 0.15) is 35.6 Å². The van der Waals surface area contributed by atoms with Crippen LogP contribution in [0.15, 0.2) is 64.5 Å². The normalized spacial score (nSPS) is 15.8. The molecule has 1 heterocycles. The Kier molecular flexibility index (Phi) is 5.62. The molecule has 1 aliphatic carbocycles. The van der Waals surface area contributed by atoms with Crippen molar-refractivity contribution in [3.05, 3.63) is 81.8 Å². The smallest absolute Gasteiger partial charge is 0.344 e. The maximum atomic E-state index is 12.5. The van der Waals surface area contributed by atoms with Crippen molar-refractivity contribution in [3.63, 3.8) is 0 Å². The molecule has 0 saturated heterocycles. The molecule has 0 bridgehead atoms. The van der Waals surface area contributed by atoms with Gasteiger partial charge in [0.2, 0.25) is 5.91 Å². The molecule has 1 atom stereocenters. The van der Waals surface area contributed by atoms with Crippen LogP contribution in [0.5, 0.6) is 0 Å². The summed E-state index contributed by atoms with van der Waals surface area (Å²) in [5, 5.41) is 10.2. The molecule has 1 amide bonds. The fourth-order valence-electron chi connectivity index (χ4n) is 3.59. The van der Waals surface area contributed by atoms with Crippen molar-refractivity contribution in [1.82, 2.24) is 20.1 Å². The van der Waals surface area contributed by atoms with Crippen molar-refractivity contribution in [2.75, 3.05) is 5.75 Å². The standard InChI is InChI=1S/C21H22N4O2S/c26-19(22-18-12-6-10-16-9-4-5-11-17(16)18)14-28-21-24-23-20(27)25(21)13-15-7-2-1-3-8-15/h1-5,7-9,11,18H,6,10,12-14H2,(H,22,26)(H,23,27)/t18-/m1/s1. The lowest BCUT2D eigenvalue weighted by atomic mass is 9.88. The summed E-state index contributed by atoms with van der Waals surface area (Å²) in [4.78, 5) is 24.6. The van der Waals surface area contributed by atoms with Crippen molar-refractivity contribution in [2.45, 2.75) is 37.0 Å². The SMILES string of the molecule is O=C(CSc1n[nH]c(=O)n1Cc1ccccc1)N[C@@H]1CCCc2ccccc21. The monoisotopic (exact) mass is 394 g/mol. The Hall–Kier alpha value is -2.80. The molecule has 0 unspecified atom stereocenters. The summed E-state index contributed by atoms with van der Waals surface area (Å²) in [6.45, 7) is 0.427. The number of aromatic nitrogens is 3. The number of H-pyrrole nitrogens is 1. The van der Waals surface area contributed by atoms with Crippen LogP contribution < -0.4 is 11.0 Å². The molecule has 0 aliphatic heterocycles. The Morgan fingerprint density at radius 2 is 1.96 bits per heavy atom. The van der Waals surface area contributed by atoms with E-state index in [1.54, 1.807) is 4.57 Å². The van der Waals surface area contributed by atoms with Crippen LogP contribution in [0.4, 0.5) is 0 Å². The molecular weight excluding hydrogens is 372 g/mol. The Labute approximate surface area is 167 Å². The summed E-state index contributed by atoms with van der Waals surface area (Å²) >= 11 is 1.27. The van der Waals surface area contributed by atoms with Crippen molar-refractivity contribution in [1.29, 1.82) is 0 Å². The van der Waals surface area contributed by atoms with Gasteiger partial charge in [0, 0.05) is 0 Å². The highest BCUT2D eigenvalue weighted by molar-refractivity contribution is 7.99. The number of aromatic amines is 1. The third kappa shape index (κ3) is 4.20. The van der Waals surface area contributed by atoms with Crippen molar-refractivity contribution < 1.29 is 4.79 Å². The maximum absolute atomic E-state index is 12.5. The van der Waals surface area contributed by atoms with E-state index in [9.17, 15) is 9.59 Å². The number of rotatable bonds is 6. The number of hydrogen-bond donors (Lipinski definition) is 2. The van der Waals surface area contributed by atoms with E-state index in [1.165, 1.54) is 22.9 Å². The fraction of sp³-hybridized carbons (Fsp3) is 0.286. The second kappa shape index (κ2) is 8.48. The van der Waals surface area contributed by atoms with E-state index >= 15 is 0 Å². The quantitative estimate of drug-likeness (QED) is 0.630. The van der Waals surface area contributed by atoms with Crippen LogP contribution in [0.3, 0.4) is 0 Å².